The summed E-state index contributed by atoms with van der Waals surface area (Å²) in [5, 5.41) is 0. The molecule has 0 aliphatic heterocycles. The summed E-state index contributed by atoms with van der Waals surface area (Å²) in [7, 11) is -0.691. The second-order valence-electron chi connectivity index (χ2n) is 2.93. The largest absolute Gasteiger partial charge is 0.497 e. The Bertz CT molecular complexity index is 348. The van der Waals surface area contributed by atoms with Gasteiger partial charge in [-0.2, -0.15) is 0 Å². The highest BCUT2D eigenvalue weighted by atomic mass is 32.2. The van der Waals surface area contributed by atoms with Crippen molar-refractivity contribution in [2.75, 3.05) is 19.5 Å². The molecule has 0 saturated carbocycles. The van der Waals surface area contributed by atoms with Gasteiger partial charge in [0.2, 0.25) is 0 Å². The van der Waals surface area contributed by atoms with Crippen molar-refractivity contribution < 1.29 is 17.9 Å². The fourth-order valence-corrected chi connectivity index (χ4v) is 1.44. The Labute approximate surface area is 90.8 Å². The van der Waals surface area contributed by atoms with Crippen molar-refractivity contribution in [1.82, 2.24) is 0 Å². The lowest BCUT2D eigenvalue weighted by Gasteiger charge is -2.05. The highest BCUT2D eigenvalue weighted by molar-refractivity contribution is 7.72. The molecule has 0 aliphatic rings. The van der Waals surface area contributed by atoms with Gasteiger partial charge in [0.05, 0.1) is 19.5 Å². The highest BCUT2D eigenvalue weighted by Gasteiger charge is 1.95. The lowest BCUT2D eigenvalue weighted by molar-refractivity contribution is 0.317. The van der Waals surface area contributed by atoms with Crippen molar-refractivity contribution in [3.05, 3.63) is 24.3 Å². The second-order valence-corrected chi connectivity index (χ2v) is 4.05. The Balaban J connectivity index is 2.31. The van der Waals surface area contributed by atoms with Crippen LogP contribution in [0.15, 0.2) is 24.3 Å². The summed E-state index contributed by atoms with van der Waals surface area (Å²) in [5.74, 6) is 1.66. The third kappa shape index (κ3) is 4.69. The summed E-state index contributed by atoms with van der Waals surface area (Å²) in [5.41, 5.74) is 0. The molecule has 84 valence electrons. The fraction of sp³-hybridized carbons (Fsp3) is 0.400. The van der Waals surface area contributed by atoms with Crippen LogP contribution in [0.3, 0.4) is 0 Å². The van der Waals surface area contributed by atoms with Crippen LogP contribution >= 0.6 is 0 Å². The molecule has 0 bridgehead atoms. The Kier molecular flexibility index (Phi) is 4.97. The molecule has 1 aromatic rings. The first-order valence-corrected chi connectivity index (χ1v) is 5.97. The number of rotatable bonds is 6. The molecule has 0 fully saturated rings. The third-order valence-electron chi connectivity index (χ3n) is 1.81. The van der Waals surface area contributed by atoms with Gasteiger partial charge in [-0.1, -0.05) is 0 Å². The van der Waals surface area contributed by atoms with E-state index in [1.54, 1.807) is 31.4 Å². The molecule has 1 rings (SSSR count). The number of methoxy groups -OCH3 is 1. The molecule has 0 radical (unpaired) electrons. The van der Waals surface area contributed by atoms with E-state index >= 15 is 0 Å². The van der Waals surface area contributed by atoms with Crippen LogP contribution in [0.5, 0.6) is 11.5 Å². The summed E-state index contributed by atoms with van der Waals surface area (Å²) in [6, 6.07) is 7.17. The maximum atomic E-state index is 10.3. The van der Waals surface area contributed by atoms with Gasteiger partial charge in [-0.3, -0.25) is 0 Å². The minimum Gasteiger partial charge on any atom is -0.497 e. The first kappa shape index (κ1) is 11.8. The zero-order valence-corrected chi connectivity index (χ0v) is 9.41. The predicted molar refractivity (Wildman–Crippen MR) is 58.3 cm³/mol. The van der Waals surface area contributed by atoms with Crippen LogP contribution in [0, 0.1) is 0 Å². The highest BCUT2D eigenvalue weighted by Crippen LogP contribution is 2.16. The van der Waals surface area contributed by atoms with Gasteiger partial charge in [0.15, 0.2) is 0 Å². The molecule has 0 heterocycles. The van der Waals surface area contributed by atoms with Gasteiger partial charge in [-0.25, -0.2) is 8.42 Å². The van der Waals surface area contributed by atoms with Gasteiger partial charge in [-0.15, -0.1) is 0 Å². The topological polar surface area (TPSA) is 52.6 Å². The predicted octanol–water partition coefficient (Wildman–Crippen LogP) is 1.08. The van der Waals surface area contributed by atoms with Gasteiger partial charge in [0.1, 0.15) is 22.2 Å². The van der Waals surface area contributed by atoms with Crippen molar-refractivity contribution in [3.8, 4) is 11.5 Å². The zero-order valence-electron chi connectivity index (χ0n) is 8.51. The zero-order chi connectivity index (χ0) is 11.1. The molecule has 0 aliphatic carbocycles. The van der Waals surface area contributed by atoms with Crippen molar-refractivity contribution >= 4 is 10.7 Å². The minimum atomic E-state index is -2.29. The number of hydrogen-bond acceptors (Lipinski definition) is 4. The molecule has 0 N–H and O–H groups in total. The molecule has 15 heavy (non-hydrogen) atoms. The van der Waals surface area contributed by atoms with Crippen LogP contribution in [0.2, 0.25) is 0 Å². The van der Waals surface area contributed by atoms with Gasteiger partial charge in [0, 0.05) is 0 Å². The maximum absolute atomic E-state index is 10.3. The van der Waals surface area contributed by atoms with Crippen molar-refractivity contribution in [3.63, 3.8) is 0 Å². The standard InChI is InChI=1S/C10H14O4S/c1-13-9-3-5-10(6-4-9)14-7-2-8-15(11)12/h3-6,15H,2,7-8H2,1H3. The van der Waals surface area contributed by atoms with E-state index in [2.05, 4.69) is 0 Å². The SMILES string of the molecule is COc1ccc(OCCC[SH](=O)=O)cc1. The van der Waals surface area contributed by atoms with Crippen LogP contribution < -0.4 is 9.47 Å². The average molecular weight is 230 g/mol. The molecule has 0 saturated heterocycles. The lowest BCUT2D eigenvalue weighted by Crippen LogP contribution is -2.00. The Morgan fingerprint density at radius 3 is 2.27 bits per heavy atom. The summed E-state index contributed by atoms with van der Waals surface area (Å²) in [6.45, 7) is 0.412. The smallest absolute Gasteiger partial charge is 0.140 e. The molecule has 4 nitrogen and oxygen atoms in total. The maximum Gasteiger partial charge on any atom is 0.140 e. The number of hydrogen-bond donors (Lipinski definition) is 1. The number of ether oxygens (including phenoxy) is 2. The molecule has 0 amide bonds. The Hall–Kier alpha value is -1.23. The van der Waals surface area contributed by atoms with E-state index < -0.39 is 10.7 Å². The lowest BCUT2D eigenvalue weighted by atomic mass is 10.3. The van der Waals surface area contributed by atoms with E-state index in [1.807, 2.05) is 0 Å². The van der Waals surface area contributed by atoms with Crippen LogP contribution in [0.1, 0.15) is 6.42 Å². The molecule has 5 heteroatoms. The molecule has 0 atom stereocenters. The molecule has 0 spiro atoms. The monoisotopic (exact) mass is 230 g/mol. The van der Waals surface area contributed by atoms with E-state index in [-0.39, 0.29) is 5.75 Å². The van der Waals surface area contributed by atoms with Crippen LogP contribution in [-0.4, -0.2) is 27.9 Å². The quantitative estimate of drug-likeness (QED) is 0.587. The third-order valence-corrected chi connectivity index (χ3v) is 2.49. The normalized spacial score (nSPS) is 10.3. The van der Waals surface area contributed by atoms with Crippen LogP contribution in [0.25, 0.3) is 0 Å². The Morgan fingerprint density at radius 2 is 1.73 bits per heavy atom. The summed E-state index contributed by atoms with van der Waals surface area (Å²) >= 11 is 0. The first-order chi connectivity index (χ1) is 7.22. The van der Waals surface area contributed by atoms with Crippen LogP contribution in [0.4, 0.5) is 0 Å². The van der Waals surface area contributed by atoms with Crippen molar-refractivity contribution in [2.24, 2.45) is 0 Å². The molecule has 0 unspecified atom stereocenters. The molecular formula is C10H14O4S. The molecular weight excluding hydrogens is 216 g/mol. The molecule has 1 aromatic carbocycles. The van der Waals surface area contributed by atoms with Gasteiger partial charge in [-0.05, 0) is 30.7 Å². The first-order valence-electron chi connectivity index (χ1n) is 4.61. The van der Waals surface area contributed by atoms with E-state index in [0.29, 0.717) is 13.0 Å². The van der Waals surface area contributed by atoms with Crippen molar-refractivity contribution in [2.45, 2.75) is 6.42 Å². The average Bonchev–Trinajstić information content (AvgIpc) is 2.25. The summed E-state index contributed by atoms with van der Waals surface area (Å²) in [4.78, 5) is 0. The molecule has 0 aromatic heterocycles. The van der Waals surface area contributed by atoms with Gasteiger partial charge >= 0.3 is 0 Å². The number of benzene rings is 1. The summed E-state index contributed by atoms with van der Waals surface area (Å²) < 4.78 is 30.8. The Morgan fingerprint density at radius 1 is 1.13 bits per heavy atom. The number of thiol groups is 1. The minimum absolute atomic E-state index is 0.172. The van der Waals surface area contributed by atoms with E-state index in [4.69, 9.17) is 9.47 Å². The fourth-order valence-electron chi connectivity index (χ4n) is 1.06. The van der Waals surface area contributed by atoms with Crippen molar-refractivity contribution in [1.29, 1.82) is 0 Å². The van der Waals surface area contributed by atoms with Gasteiger partial charge < -0.3 is 9.47 Å². The summed E-state index contributed by atoms with van der Waals surface area (Å²) in [6.07, 6.45) is 0.519. The van der Waals surface area contributed by atoms with E-state index in [0.717, 1.165) is 11.5 Å². The van der Waals surface area contributed by atoms with E-state index in [1.165, 1.54) is 0 Å². The van der Waals surface area contributed by atoms with Gasteiger partial charge in [0.25, 0.3) is 0 Å². The second kappa shape index (κ2) is 6.29. The van der Waals surface area contributed by atoms with Crippen LogP contribution in [-0.2, 0) is 10.7 Å². The van der Waals surface area contributed by atoms with E-state index in [9.17, 15) is 8.42 Å².